The molecular weight excluding hydrogens is 587 g/mol. The first-order valence-corrected chi connectivity index (χ1v) is 27.5. The molecule has 0 spiro atoms. The van der Waals surface area contributed by atoms with Gasteiger partial charge in [-0.2, -0.15) is 0 Å². The van der Waals surface area contributed by atoms with Crippen LogP contribution in [0.25, 0.3) is 0 Å². The average Bonchev–Trinajstić information content (AvgIpc) is 3.53. The van der Waals surface area contributed by atoms with E-state index in [1.165, 1.54) is 146 Å². The summed E-state index contributed by atoms with van der Waals surface area (Å²) in [6.45, 7) is 9.36. The van der Waals surface area contributed by atoms with E-state index < -0.39 is 15.6 Å². The fourth-order valence-corrected chi connectivity index (χ4v) is 40.2. The van der Waals surface area contributed by atoms with Crippen molar-refractivity contribution in [2.75, 3.05) is 26.2 Å². The SMILES string of the molecule is CCCCCCC[CH2][Sn]([CH2]CCCCCCC)([S]C(=S)N1CCCC1)[S]C(=S)N1CCCC1. The molecule has 2 saturated heterocycles. The van der Waals surface area contributed by atoms with Crippen molar-refractivity contribution in [3.8, 4) is 0 Å². The van der Waals surface area contributed by atoms with Crippen LogP contribution in [0.5, 0.6) is 0 Å². The Balaban J connectivity index is 2.04. The van der Waals surface area contributed by atoms with Gasteiger partial charge in [0, 0.05) is 0 Å². The molecule has 0 unspecified atom stereocenters. The van der Waals surface area contributed by atoms with Crippen molar-refractivity contribution in [1.29, 1.82) is 0 Å². The van der Waals surface area contributed by atoms with Crippen molar-refractivity contribution in [3.05, 3.63) is 0 Å². The van der Waals surface area contributed by atoms with Gasteiger partial charge in [0.05, 0.1) is 0 Å². The Kier molecular flexibility index (Phi) is 17.1. The second-order valence-electron chi connectivity index (χ2n) is 10.1. The summed E-state index contributed by atoms with van der Waals surface area (Å²) in [5.41, 5.74) is 0. The zero-order valence-electron chi connectivity index (χ0n) is 21.6. The maximum atomic E-state index is 6.09. The van der Waals surface area contributed by atoms with Crippen molar-refractivity contribution < 1.29 is 0 Å². The summed E-state index contributed by atoms with van der Waals surface area (Å²) < 4.78 is 5.37. The van der Waals surface area contributed by atoms with Gasteiger partial charge in [-0.1, -0.05) is 0 Å². The quantitative estimate of drug-likeness (QED) is 0.0939. The van der Waals surface area contributed by atoms with Gasteiger partial charge in [0.1, 0.15) is 0 Å². The van der Waals surface area contributed by atoms with E-state index in [1.807, 2.05) is 0 Å². The van der Waals surface area contributed by atoms with E-state index in [2.05, 4.69) is 41.5 Å². The Bertz CT molecular complexity index is 500. The Morgan fingerprint density at radius 1 is 0.576 bits per heavy atom. The fraction of sp³-hybridized carbons (Fsp3) is 0.923. The van der Waals surface area contributed by atoms with Gasteiger partial charge >= 0.3 is 228 Å². The van der Waals surface area contributed by atoms with E-state index in [4.69, 9.17) is 24.4 Å². The molecule has 0 saturated carbocycles. The molecule has 192 valence electrons. The van der Waals surface area contributed by atoms with Crippen molar-refractivity contribution in [2.45, 2.75) is 125 Å². The summed E-state index contributed by atoms with van der Waals surface area (Å²) in [5, 5.41) is 0. The molecular formula is C26H50N2S4Sn. The first-order chi connectivity index (χ1) is 16.1. The molecule has 7 heteroatoms. The molecule has 2 fully saturated rings. The van der Waals surface area contributed by atoms with Crippen LogP contribution in [0.3, 0.4) is 0 Å². The van der Waals surface area contributed by atoms with Crippen LogP contribution in [0.2, 0.25) is 8.87 Å². The Hall–Kier alpha value is 1.28. The van der Waals surface area contributed by atoms with Crippen LogP contribution >= 0.6 is 42.3 Å². The summed E-state index contributed by atoms with van der Waals surface area (Å²) in [6.07, 6.45) is 22.0. The van der Waals surface area contributed by atoms with E-state index >= 15 is 0 Å². The number of likely N-dealkylation sites (tertiary alicyclic amines) is 2. The molecule has 2 aliphatic rings. The molecule has 33 heavy (non-hydrogen) atoms. The minimum atomic E-state index is -2.67. The summed E-state index contributed by atoms with van der Waals surface area (Å²) in [5.74, 6) is 0. The predicted octanol–water partition coefficient (Wildman–Crippen LogP) is 9.38. The zero-order valence-corrected chi connectivity index (χ0v) is 27.7. The number of unbranched alkanes of at least 4 members (excludes halogenated alkanes) is 10. The van der Waals surface area contributed by atoms with Gasteiger partial charge in [-0.05, 0) is 0 Å². The van der Waals surface area contributed by atoms with E-state index in [0.29, 0.717) is 0 Å². The molecule has 0 N–H and O–H groups in total. The Morgan fingerprint density at radius 3 is 1.27 bits per heavy atom. The zero-order chi connectivity index (χ0) is 23.8. The molecule has 2 nitrogen and oxygen atoms in total. The van der Waals surface area contributed by atoms with Crippen LogP contribution in [0.1, 0.15) is 117 Å². The van der Waals surface area contributed by atoms with Gasteiger partial charge in [-0.25, -0.2) is 0 Å². The van der Waals surface area contributed by atoms with Crippen molar-refractivity contribution in [1.82, 2.24) is 9.80 Å². The van der Waals surface area contributed by atoms with Gasteiger partial charge < -0.3 is 0 Å². The Labute approximate surface area is 226 Å². The van der Waals surface area contributed by atoms with E-state index in [1.54, 1.807) is 0 Å². The van der Waals surface area contributed by atoms with Crippen LogP contribution < -0.4 is 0 Å². The standard InChI is InChI=1S/2C8H17.2C5H9NS2.Sn/c2*1-3-5-7-8-6-4-2;2*7-5(8)6-3-1-2-4-6;/h2*1,3-8H2,2H3;2*1-4H2,(H,7,8);/q;;;;+2/p-2. The molecule has 0 radical (unpaired) electrons. The molecule has 0 aromatic carbocycles. The van der Waals surface area contributed by atoms with Crippen molar-refractivity contribution in [2.24, 2.45) is 0 Å². The first kappa shape index (κ1) is 30.5. The van der Waals surface area contributed by atoms with Gasteiger partial charge in [0.25, 0.3) is 0 Å². The van der Waals surface area contributed by atoms with Crippen LogP contribution in [-0.2, 0) is 0 Å². The molecule has 0 amide bonds. The summed E-state index contributed by atoms with van der Waals surface area (Å²) in [6, 6.07) is 0. The second-order valence-corrected chi connectivity index (χ2v) is 36.3. The fourth-order valence-electron chi connectivity index (χ4n) is 4.95. The monoisotopic (exact) mass is 638 g/mol. The third-order valence-corrected chi connectivity index (χ3v) is 37.1. The minimum absolute atomic E-state index is 1.18. The summed E-state index contributed by atoms with van der Waals surface area (Å²) in [4.78, 5) is 5.04. The van der Waals surface area contributed by atoms with Crippen LogP contribution in [0.15, 0.2) is 0 Å². The van der Waals surface area contributed by atoms with E-state index in [9.17, 15) is 0 Å². The molecule has 2 aliphatic heterocycles. The van der Waals surface area contributed by atoms with Crippen molar-refractivity contribution >= 4 is 66.6 Å². The van der Waals surface area contributed by atoms with Gasteiger partial charge in [-0.3, -0.25) is 0 Å². The number of thiocarbonyl (C=S) groups is 2. The number of hydrogen-bond donors (Lipinski definition) is 0. The average molecular weight is 638 g/mol. The molecule has 0 atom stereocenters. The summed E-state index contributed by atoms with van der Waals surface area (Å²) >= 11 is 9.51. The van der Waals surface area contributed by atoms with Crippen LogP contribution in [-0.4, -0.2) is 60.2 Å². The number of nitrogens with zero attached hydrogens (tertiary/aromatic N) is 2. The summed E-state index contributed by atoms with van der Waals surface area (Å²) in [7, 11) is 4.46. The third kappa shape index (κ3) is 12.4. The molecule has 0 aliphatic carbocycles. The van der Waals surface area contributed by atoms with Crippen LogP contribution in [0.4, 0.5) is 0 Å². The molecule has 2 heterocycles. The topological polar surface area (TPSA) is 6.48 Å². The van der Waals surface area contributed by atoms with E-state index in [-0.39, 0.29) is 0 Å². The number of hydrogen-bond acceptors (Lipinski definition) is 4. The molecule has 2 rings (SSSR count). The molecule has 0 aromatic heterocycles. The van der Waals surface area contributed by atoms with Crippen LogP contribution in [0, 0.1) is 0 Å². The van der Waals surface area contributed by atoms with Gasteiger partial charge in [0.15, 0.2) is 0 Å². The Morgan fingerprint density at radius 2 is 0.909 bits per heavy atom. The van der Waals surface area contributed by atoms with Gasteiger partial charge in [0.2, 0.25) is 0 Å². The predicted molar refractivity (Wildman–Crippen MR) is 164 cm³/mol. The number of rotatable bonds is 16. The van der Waals surface area contributed by atoms with E-state index in [0.717, 1.165) is 0 Å². The maximum absolute atomic E-state index is 6.09. The van der Waals surface area contributed by atoms with Crippen molar-refractivity contribution in [3.63, 3.8) is 0 Å². The normalized spacial score (nSPS) is 16.7. The molecule has 0 aromatic rings. The third-order valence-electron chi connectivity index (χ3n) is 7.10. The molecule has 0 bridgehead atoms. The first-order valence-electron chi connectivity index (χ1n) is 14.1. The van der Waals surface area contributed by atoms with Gasteiger partial charge in [-0.15, -0.1) is 0 Å². The second kappa shape index (κ2) is 18.5.